The minimum Gasteiger partial charge on any atom is -0.356 e. The monoisotopic (exact) mass is 277 g/mol. The lowest BCUT2D eigenvalue weighted by Crippen LogP contribution is -2.47. The molecule has 0 unspecified atom stereocenters. The highest BCUT2D eigenvalue weighted by molar-refractivity contribution is 5.97. The van der Waals surface area contributed by atoms with Crippen LogP contribution < -0.4 is 16.0 Å². The van der Waals surface area contributed by atoms with Gasteiger partial charge in [0.1, 0.15) is 0 Å². The van der Waals surface area contributed by atoms with Gasteiger partial charge in [0.25, 0.3) is 0 Å². The van der Waals surface area contributed by atoms with Gasteiger partial charge in [-0.25, -0.2) is 0 Å². The lowest BCUT2D eigenvalue weighted by molar-refractivity contribution is -0.121. The molecule has 1 aromatic carbocycles. The summed E-state index contributed by atoms with van der Waals surface area (Å²) in [6, 6.07) is 7.30. The Morgan fingerprint density at radius 2 is 1.75 bits per heavy atom. The smallest absolute Gasteiger partial charge is 0.244 e. The van der Waals surface area contributed by atoms with Crippen molar-refractivity contribution < 1.29 is 9.59 Å². The minimum absolute atomic E-state index is 0.000557. The van der Waals surface area contributed by atoms with Crippen LogP contribution in [0.5, 0.6) is 0 Å². The first-order chi connectivity index (χ1) is 9.39. The molecule has 0 saturated carbocycles. The van der Waals surface area contributed by atoms with Crippen LogP contribution >= 0.6 is 0 Å². The molecule has 0 aliphatic rings. The van der Waals surface area contributed by atoms with Crippen molar-refractivity contribution in [2.75, 3.05) is 18.9 Å². The number of hydrogen-bond acceptors (Lipinski definition) is 3. The largest absolute Gasteiger partial charge is 0.356 e. The molecule has 0 radical (unpaired) electrons. The van der Waals surface area contributed by atoms with Crippen molar-refractivity contribution in [1.82, 2.24) is 10.6 Å². The summed E-state index contributed by atoms with van der Waals surface area (Å²) in [5.74, 6) is -0.0999. The quantitative estimate of drug-likeness (QED) is 0.734. The number of likely N-dealkylation sites (N-methyl/N-ethyl adjacent to an activating group) is 2. The molecule has 0 fully saturated rings. The van der Waals surface area contributed by atoms with Gasteiger partial charge in [-0.1, -0.05) is 12.1 Å². The van der Waals surface area contributed by atoms with E-state index in [1.165, 1.54) is 0 Å². The second kappa shape index (κ2) is 7.05. The predicted molar refractivity (Wildman–Crippen MR) is 80.6 cm³/mol. The molecular weight excluding hydrogens is 254 g/mol. The Morgan fingerprint density at radius 3 is 2.25 bits per heavy atom. The fourth-order valence-corrected chi connectivity index (χ4v) is 1.55. The zero-order valence-electron chi connectivity index (χ0n) is 12.5. The number of amides is 2. The molecule has 3 N–H and O–H groups in total. The second-order valence-corrected chi connectivity index (χ2v) is 5.16. The average molecular weight is 277 g/mol. The van der Waals surface area contributed by atoms with Crippen LogP contribution in [0, 0.1) is 0 Å². The van der Waals surface area contributed by atoms with Crippen molar-refractivity contribution in [3.8, 4) is 0 Å². The maximum Gasteiger partial charge on any atom is 0.244 e. The normalized spacial score (nSPS) is 11.0. The van der Waals surface area contributed by atoms with Gasteiger partial charge in [-0.3, -0.25) is 9.59 Å². The summed E-state index contributed by atoms with van der Waals surface area (Å²) in [5.41, 5.74) is 1.01. The van der Waals surface area contributed by atoms with E-state index in [2.05, 4.69) is 16.0 Å². The maximum atomic E-state index is 12.0. The van der Waals surface area contributed by atoms with E-state index in [1.807, 2.05) is 32.9 Å². The number of carbonyl (C=O) groups is 2. The molecule has 2 amide bonds. The van der Waals surface area contributed by atoms with Gasteiger partial charge in [0, 0.05) is 12.2 Å². The van der Waals surface area contributed by atoms with Gasteiger partial charge in [0.15, 0.2) is 0 Å². The van der Waals surface area contributed by atoms with E-state index in [9.17, 15) is 9.59 Å². The van der Waals surface area contributed by atoms with E-state index in [-0.39, 0.29) is 11.8 Å². The molecule has 5 heteroatoms. The standard InChI is InChI=1S/C15H23N3O2/c1-5-17-13(19)10-11-6-8-12(9-7-11)18-14(20)15(2,3)16-4/h6-9,16H,5,10H2,1-4H3,(H,17,19)(H,18,20). The van der Waals surface area contributed by atoms with E-state index >= 15 is 0 Å². The molecule has 5 nitrogen and oxygen atoms in total. The third kappa shape index (κ3) is 4.66. The predicted octanol–water partition coefficient (Wildman–Crippen LogP) is 1.30. The number of nitrogens with one attached hydrogen (secondary N) is 3. The van der Waals surface area contributed by atoms with Crippen molar-refractivity contribution in [3.63, 3.8) is 0 Å². The van der Waals surface area contributed by atoms with Gasteiger partial charge >= 0.3 is 0 Å². The van der Waals surface area contributed by atoms with Crippen LogP contribution in [0.1, 0.15) is 26.3 Å². The molecule has 0 aromatic heterocycles. The summed E-state index contributed by atoms with van der Waals surface area (Å²) in [6.07, 6.45) is 0.351. The second-order valence-electron chi connectivity index (χ2n) is 5.16. The summed E-state index contributed by atoms with van der Waals surface area (Å²) in [6.45, 7) is 6.14. The molecule has 0 spiro atoms. The van der Waals surface area contributed by atoms with Gasteiger partial charge < -0.3 is 16.0 Å². The molecule has 0 atom stereocenters. The summed E-state index contributed by atoms with van der Waals surface area (Å²) in [7, 11) is 1.75. The summed E-state index contributed by atoms with van der Waals surface area (Å²) >= 11 is 0. The van der Waals surface area contributed by atoms with E-state index in [1.54, 1.807) is 19.2 Å². The van der Waals surface area contributed by atoms with E-state index in [0.717, 1.165) is 11.3 Å². The van der Waals surface area contributed by atoms with Gasteiger partial charge in [-0.05, 0) is 45.5 Å². The third-order valence-corrected chi connectivity index (χ3v) is 3.14. The molecule has 1 aromatic rings. The van der Waals surface area contributed by atoms with Gasteiger partial charge in [0.05, 0.1) is 12.0 Å². The third-order valence-electron chi connectivity index (χ3n) is 3.14. The highest BCUT2D eigenvalue weighted by Gasteiger charge is 2.24. The van der Waals surface area contributed by atoms with E-state index < -0.39 is 5.54 Å². The van der Waals surface area contributed by atoms with E-state index in [4.69, 9.17) is 0 Å². The highest BCUT2D eigenvalue weighted by Crippen LogP contribution is 2.12. The van der Waals surface area contributed by atoms with Crippen molar-refractivity contribution in [3.05, 3.63) is 29.8 Å². The summed E-state index contributed by atoms with van der Waals surface area (Å²) in [5, 5.41) is 8.54. The van der Waals surface area contributed by atoms with Crippen molar-refractivity contribution in [1.29, 1.82) is 0 Å². The van der Waals surface area contributed by atoms with Gasteiger partial charge in [-0.2, -0.15) is 0 Å². The van der Waals surface area contributed by atoms with E-state index in [0.29, 0.717) is 13.0 Å². The van der Waals surface area contributed by atoms with Crippen LogP contribution in [0.15, 0.2) is 24.3 Å². The Morgan fingerprint density at radius 1 is 1.15 bits per heavy atom. The van der Waals surface area contributed by atoms with Crippen molar-refractivity contribution in [2.24, 2.45) is 0 Å². The van der Waals surface area contributed by atoms with Gasteiger partial charge in [0.2, 0.25) is 11.8 Å². The zero-order valence-corrected chi connectivity index (χ0v) is 12.5. The van der Waals surface area contributed by atoms with Crippen LogP contribution in [0.25, 0.3) is 0 Å². The van der Waals surface area contributed by atoms with Crippen molar-refractivity contribution in [2.45, 2.75) is 32.7 Å². The fraction of sp³-hybridized carbons (Fsp3) is 0.467. The minimum atomic E-state index is -0.625. The summed E-state index contributed by atoms with van der Waals surface area (Å²) in [4.78, 5) is 23.4. The molecule has 0 saturated heterocycles. The van der Waals surface area contributed by atoms with Crippen LogP contribution in [0.3, 0.4) is 0 Å². The first-order valence-electron chi connectivity index (χ1n) is 6.75. The molecule has 0 heterocycles. The zero-order chi connectivity index (χ0) is 15.2. The molecule has 0 aliphatic heterocycles. The summed E-state index contributed by atoms with van der Waals surface area (Å²) < 4.78 is 0. The fourth-order valence-electron chi connectivity index (χ4n) is 1.55. The Labute approximate surface area is 120 Å². The number of rotatable bonds is 6. The molecular formula is C15H23N3O2. The number of carbonyl (C=O) groups excluding carboxylic acids is 2. The number of benzene rings is 1. The number of anilines is 1. The van der Waals surface area contributed by atoms with Crippen molar-refractivity contribution >= 4 is 17.5 Å². The molecule has 0 bridgehead atoms. The van der Waals surface area contributed by atoms with Crippen LogP contribution in [-0.2, 0) is 16.0 Å². The molecule has 110 valence electrons. The molecule has 0 aliphatic carbocycles. The maximum absolute atomic E-state index is 12.0. The Balaban J connectivity index is 2.63. The first kappa shape index (κ1) is 16.2. The Kier molecular flexibility index (Phi) is 5.70. The van der Waals surface area contributed by atoms with Gasteiger partial charge in [-0.15, -0.1) is 0 Å². The molecule has 1 rings (SSSR count). The lowest BCUT2D eigenvalue weighted by Gasteiger charge is -2.22. The SMILES string of the molecule is CCNC(=O)Cc1ccc(NC(=O)C(C)(C)NC)cc1. The van der Waals surface area contributed by atoms with Crippen LogP contribution in [0.2, 0.25) is 0 Å². The molecule has 20 heavy (non-hydrogen) atoms. The number of hydrogen-bond donors (Lipinski definition) is 3. The topological polar surface area (TPSA) is 70.2 Å². The Hall–Kier alpha value is -1.88. The lowest BCUT2D eigenvalue weighted by atomic mass is 10.0. The Bertz CT molecular complexity index is 467. The van der Waals surface area contributed by atoms with Crippen LogP contribution in [-0.4, -0.2) is 30.9 Å². The average Bonchev–Trinajstić information content (AvgIpc) is 2.41. The van der Waals surface area contributed by atoms with Crippen LogP contribution in [0.4, 0.5) is 5.69 Å². The highest BCUT2D eigenvalue weighted by atomic mass is 16.2. The first-order valence-corrected chi connectivity index (χ1v) is 6.75.